The summed E-state index contributed by atoms with van der Waals surface area (Å²) in [5, 5.41) is 11.6. The van der Waals surface area contributed by atoms with Crippen LogP contribution in [0.25, 0.3) is 5.76 Å². The Kier molecular flexibility index (Phi) is 7.84. The molecule has 1 N–H and O–H groups in total. The van der Waals surface area contributed by atoms with Crippen LogP contribution in [0.5, 0.6) is 23.0 Å². The molecule has 2 aliphatic heterocycles. The zero-order valence-electron chi connectivity index (χ0n) is 22.9. The van der Waals surface area contributed by atoms with Gasteiger partial charge in [-0.1, -0.05) is 17.4 Å². The molecule has 12 heteroatoms. The number of benzene rings is 2. The Morgan fingerprint density at radius 1 is 1.05 bits per heavy atom. The van der Waals surface area contributed by atoms with Crippen LogP contribution in [0.1, 0.15) is 46.4 Å². The molecule has 214 valence electrons. The lowest BCUT2D eigenvalue weighted by atomic mass is 9.95. The lowest BCUT2D eigenvalue weighted by Crippen LogP contribution is -2.29. The van der Waals surface area contributed by atoms with Crippen LogP contribution in [0.3, 0.4) is 0 Å². The molecule has 3 heterocycles. The third kappa shape index (κ3) is 5.06. The molecule has 0 saturated carbocycles. The van der Waals surface area contributed by atoms with Gasteiger partial charge < -0.3 is 28.8 Å². The number of hydrogen-bond donors (Lipinski definition) is 1. The maximum atomic E-state index is 13.6. The molecule has 2 aliphatic rings. The maximum absolute atomic E-state index is 13.6. The molecule has 0 bridgehead atoms. The number of thiazole rings is 1. The van der Waals surface area contributed by atoms with Gasteiger partial charge in [-0.25, -0.2) is 9.78 Å². The lowest BCUT2D eigenvalue weighted by Gasteiger charge is -2.24. The van der Waals surface area contributed by atoms with E-state index in [1.807, 2.05) is 13.8 Å². The Morgan fingerprint density at radius 2 is 1.76 bits per heavy atom. The molecule has 1 amide bonds. The number of aliphatic hydroxyl groups is 1. The molecule has 2 aromatic carbocycles. The molecular weight excluding hydrogens is 552 g/mol. The highest BCUT2D eigenvalue weighted by molar-refractivity contribution is 7.17. The normalized spacial score (nSPS) is 17.5. The predicted octanol–water partition coefficient (Wildman–Crippen LogP) is 4.43. The van der Waals surface area contributed by atoms with Crippen LogP contribution in [0, 0.1) is 6.92 Å². The Labute approximate surface area is 239 Å². The number of carbonyl (C=O) groups excluding carboxylic acids is 3. The van der Waals surface area contributed by atoms with Gasteiger partial charge in [0.2, 0.25) is 0 Å². The number of carbonyl (C=O) groups is 3. The molecule has 41 heavy (non-hydrogen) atoms. The molecular formula is C29H28N2O9S. The Morgan fingerprint density at radius 3 is 2.46 bits per heavy atom. The Bertz CT molecular complexity index is 1560. The van der Waals surface area contributed by atoms with Crippen LogP contribution in [0.2, 0.25) is 0 Å². The third-order valence-electron chi connectivity index (χ3n) is 6.51. The summed E-state index contributed by atoms with van der Waals surface area (Å²) in [4.78, 5) is 45.3. The third-order valence-corrected chi connectivity index (χ3v) is 7.64. The van der Waals surface area contributed by atoms with Crippen molar-refractivity contribution in [2.75, 3.05) is 38.4 Å². The van der Waals surface area contributed by atoms with Crippen molar-refractivity contribution >= 4 is 39.9 Å². The molecule has 1 saturated heterocycles. The molecule has 3 aromatic rings. The van der Waals surface area contributed by atoms with Crippen LogP contribution in [0.15, 0.2) is 42.0 Å². The fraction of sp³-hybridized carbons (Fsp3) is 0.310. The van der Waals surface area contributed by atoms with Gasteiger partial charge in [0.1, 0.15) is 23.9 Å². The number of ketones is 1. The van der Waals surface area contributed by atoms with Gasteiger partial charge in [-0.3, -0.25) is 14.5 Å². The van der Waals surface area contributed by atoms with Crippen LogP contribution < -0.4 is 23.8 Å². The summed E-state index contributed by atoms with van der Waals surface area (Å²) in [5.41, 5.74) is 0.901. The fourth-order valence-electron chi connectivity index (χ4n) is 4.70. The zero-order valence-corrected chi connectivity index (χ0v) is 23.7. The van der Waals surface area contributed by atoms with E-state index < -0.39 is 29.5 Å². The second-order valence-electron chi connectivity index (χ2n) is 9.00. The number of anilines is 1. The summed E-state index contributed by atoms with van der Waals surface area (Å²) < 4.78 is 27.6. The summed E-state index contributed by atoms with van der Waals surface area (Å²) in [5.74, 6) is -1.04. The van der Waals surface area contributed by atoms with E-state index in [4.69, 9.17) is 23.7 Å². The first-order valence-electron chi connectivity index (χ1n) is 12.9. The molecule has 5 rings (SSSR count). The number of aromatic nitrogens is 1. The fourth-order valence-corrected chi connectivity index (χ4v) is 5.71. The second-order valence-corrected chi connectivity index (χ2v) is 9.98. The molecule has 11 nitrogen and oxygen atoms in total. The van der Waals surface area contributed by atoms with Crippen molar-refractivity contribution in [1.82, 2.24) is 4.98 Å². The smallest absolute Gasteiger partial charge is 0.350 e. The number of Topliss-reactive ketones (excluding diaryl/α,β-unsaturated/α-hetero) is 1. The lowest BCUT2D eigenvalue weighted by molar-refractivity contribution is -0.132. The average Bonchev–Trinajstić information content (AvgIpc) is 3.49. The molecule has 1 fully saturated rings. The van der Waals surface area contributed by atoms with Crippen LogP contribution >= 0.6 is 11.3 Å². The monoisotopic (exact) mass is 580 g/mol. The number of methoxy groups -OCH3 is 1. The quantitative estimate of drug-likeness (QED) is 0.176. The largest absolute Gasteiger partial charge is 0.507 e. The van der Waals surface area contributed by atoms with Crippen molar-refractivity contribution in [3.63, 3.8) is 0 Å². The van der Waals surface area contributed by atoms with Crippen molar-refractivity contribution in [1.29, 1.82) is 0 Å². The number of rotatable bonds is 8. The molecule has 0 spiro atoms. The van der Waals surface area contributed by atoms with E-state index in [2.05, 4.69) is 4.98 Å². The van der Waals surface area contributed by atoms with E-state index in [1.54, 1.807) is 43.3 Å². The second kappa shape index (κ2) is 11.5. The van der Waals surface area contributed by atoms with E-state index in [0.717, 1.165) is 11.3 Å². The number of ether oxygens (including phenoxy) is 5. The van der Waals surface area contributed by atoms with Crippen molar-refractivity contribution in [3.8, 4) is 23.0 Å². The number of amides is 1. The van der Waals surface area contributed by atoms with Crippen molar-refractivity contribution in [2.24, 2.45) is 0 Å². The highest BCUT2D eigenvalue weighted by Gasteiger charge is 2.48. The Balaban J connectivity index is 1.71. The molecule has 1 unspecified atom stereocenters. The summed E-state index contributed by atoms with van der Waals surface area (Å²) in [6.45, 7) is 6.74. The average molecular weight is 581 g/mol. The predicted molar refractivity (Wildman–Crippen MR) is 149 cm³/mol. The molecule has 1 atom stereocenters. The number of hydrogen-bond acceptors (Lipinski definition) is 11. The first-order valence-corrected chi connectivity index (χ1v) is 13.8. The topological polar surface area (TPSA) is 134 Å². The summed E-state index contributed by atoms with van der Waals surface area (Å²) in [6.07, 6.45) is 0. The minimum Gasteiger partial charge on any atom is -0.507 e. The minimum absolute atomic E-state index is 0.100. The zero-order chi connectivity index (χ0) is 29.3. The van der Waals surface area contributed by atoms with E-state index >= 15 is 0 Å². The van der Waals surface area contributed by atoms with Gasteiger partial charge in [0.15, 0.2) is 28.1 Å². The number of aryl methyl sites for hydroxylation is 1. The highest BCUT2D eigenvalue weighted by Crippen LogP contribution is 2.46. The first kappa shape index (κ1) is 28.0. The molecule has 1 aromatic heterocycles. The van der Waals surface area contributed by atoms with E-state index in [9.17, 15) is 19.5 Å². The number of aliphatic hydroxyl groups excluding tert-OH is 1. The first-order chi connectivity index (χ1) is 19.8. The van der Waals surface area contributed by atoms with Crippen LogP contribution in [0.4, 0.5) is 5.13 Å². The van der Waals surface area contributed by atoms with Crippen molar-refractivity contribution in [3.05, 3.63) is 63.7 Å². The van der Waals surface area contributed by atoms with Gasteiger partial charge >= 0.3 is 11.9 Å². The van der Waals surface area contributed by atoms with E-state index in [-0.39, 0.29) is 21.1 Å². The van der Waals surface area contributed by atoms with Crippen molar-refractivity contribution in [2.45, 2.75) is 26.8 Å². The molecule has 0 radical (unpaired) electrons. The van der Waals surface area contributed by atoms with Gasteiger partial charge in [0.05, 0.1) is 37.6 Å². The van der Waals surface area contributed by atoms with Gasteiger partial charge in [-0.05, 0) is 56.7 Å². The summed E-state index contributed by atoms with van der Waals surface area (Å²) >= 11 is 0.918. The Hall–Kier alpha value is -4.58. The summed E-state index contributed by atoms with van der Waals surface area (Å²) in [7, 11) is 1.25. The van der Waals surface area contributed by atoms with Crippen LogP contribution in [-0.4, -0.2) is 61.3 Å². The van der Waals surface area contributed by atoms with Crippen LogP contribution in [-0.2, 0) is 14.3 Å². The number of fused-ring (bicyclic) bond motifs is 1. The SMILES string of the molecule is CCOc1ccc(C2/C(=C(\O)c3ccc4c(c3)OCCO4)C(=O)C(=O)N2c2nc(C)c(C(=O)OC)s2)cc1OCC. The van der Waals surface area contributed by atoms with Crippen molar-refractivity contribution < 1.29 is 43.2 Å². The van der Waals surface area contributed by atoms with Gasteiger partial charge in [-0.2, -0.15) is 0 Å². The van der Waals surface area contributed by atoms with Gasteiger partial charge in [0.25, 0.3) is 5.78 Å². The van der Waals surface area contributed by atoms with E-state index in [1.165, 1.54) is 12.0 Å². The van der Waals surface area contributed by atoms with E-state index in [0.29, 0.717) is 60.7 Å². The number of nitrogens with zero attached hydrogens (tertiary/aromatic N) is 2. The van der Waals surface area contributed by atoms with Gasteiger partial charge in [0, 0.05) is 5.56 Å². The minimum atomic E-state index is -1.10. The summed E-state index contributed by atoms with van der Waals surface area (Å²) in [6, 6.07) is 8.70. The standard InChI is InChI=1S/C29H28N2O9S/c1-5-37-18-9-7-16(13-20(18)38-6-2)23-22(24(32)17-8-10-19-21(14-17)40-12-11-39-19)25(33)27(34)31(23)29-30-15(3)26(41-29)28(35)36-4/h7-10,13-14,23,32H,5-6,11-12H2,1-4H3/b24-22+. The van der Waals surface area contributed by atoms with Gasteiger partial charge in [-0.15, -0.1) is 0 Å². The molecule has 0 aliphatic carbocycles. The highest BCUT2D eigenvalue weighted by atomic mass is 32.1. The number of esters is 1. The maximum Gasteiger partial charge on any atom is 0.350 e.